The van der Waals surface area contributed by atoms with Crippen molar-refractivity contribution in [2.24, 2.45) is 0 Å². The molecular weight excluding hydrogens is 578 g/mol. The van der Waals surface area contributed by atoms with Gasteiger partial charge >= 0.3 is 0 Å². The van der Waals surface area contributed by atoms with Crippen molar-refractivity contribution in [3.8, 4) is 11.1 Å². The Kier molecular flexibility index (Phi) is 6.89. The Bertz CT molecular complexity index is 1950. The van der Waals surface area contributed by atoms with Crippen LogP contribution in [0.2, 0.25) is 0 Å². The summed E-state index contributed by atoms with van der Waals surface area (Å²) in [6.07, 6.45) is 4.18. The zero-order valence-electron chi connectivity index (χ0n) is 26.7. The van der Waals surface area contributed by atoms with Crippen molar-refractivity contribution >= 4 is 34.6 Å². The minimum absolute atomic E-state index is 0.0500. The van der Waals surface area contributed by atoms with Gasteiger partial charge in [-0.3, -0.25) is 14.4 Å². The van der Waals surface area contributed by atoms with E-state index in [9.17, 15) is 4.79 Å². The maximum absolute atomic E-state index is 12.9. The molecule has 0 saturated carbocycles. The first-order valence-corrected chi connectivity index (χ1v) is 16.1. The molecule has 3 aliphatic heterocycles. The number of likely N-dealkylation sites (tertiary alicyclic amines) is 2. The van der Waals surface area contributed by atoms with Crippen LogP contribution in [0.5, 0.6) is 0 Å². The van der Waals surface area contributed by atoms with E-state index >= 15 is 0 Å². The Morgan fingerprint density at radius 1 is 1.02 bits per heavy atom. The van der Waals surface area contributed by atoms with Crippen LogP contribution in [0.15, 0.2) is 54.7 Å². The fourth-order valence-electron chi connectivity index (χ4n) is 7.17. The number of anilines is 4. The Morgan fingerprint density at radius 3 is 2.63 bits per heavy atom. The van der Waals surface area contributed by atoms with Crippen LogP contribution in [0.4, 0.5) is 23.0 Å². The van der Waals surface area contributed by atoms with Gasteiger partial charge in [-0.05, 0) is 44.9 Å². The largest absolute Gasteiger partial charge is 0.373 e. The first-order chi connectivity index (χ1) is 22.4. The minimum Gasteiger partial charge on any atom is -0.373 e. The zero-order chi connectivity index (χ0) is 31.5. The molecule has 12 nitrogen and oxygen atoms in total. The van der Waals surface area contributed by atoms with E-state index in [1.165, 1.54) is 11.3 Å². The molecule has 5 aromatic rings. The highest BCUT2D eigenvalue weighted by molar-refractivity contribution is 5.93. The van der Waals surface area contributed by atoms with Crippen molar-refractivity contribution in [1.82, 2.24) is 39.2 Å². The van der Waals surface area contributed by atoms with Crippen molar-refractivity contribution in [3.63, 3.8) is 0 Å². The monoisotopic (exact) mass is 617 g/mol. The van der Waals surface area contributed by atoms with Gasteiger partial charge in [-0.25, -0.2) is 9.97 Å². The van der Waals surface area contributed by atoms with Crippen LogP contribution >= 0.6 is 0 Å². The average molecular weight is 618 g/mol. The quantitative estimate of drug-likeness (QED) is 0.264. The second-order valence-electron chi connectivity index (χ2n) is 12.7. The van der Waals surface area contributed by atoms with Crippen LogP contribution in [-0.2, 0) is 6.54 Å². The van der Waals surface area contributed by atoms with Crippen LogP contribution in [0.3, 0.4) is 0 Å². The number of carbonyl (C=O) groups excluding carboxylic acids is 1. The first-order valence-electron chi connectivity index (χ1n) is 16.1. The molecule has 1 amide bonds. The van der Waals surface area contributed by atoms with E-state index in [-0.39, 0.29) is 18.0 Å². The smallest absolute Gasteiger partial charge is 0.272 e. The molecule has 2 saturated heterocycles. The number of rotatable bonds is 7. The molecule has 12 heteroatoms. The second kappa shape index (κ2) is 11.1. The van der Waals surface area contributed by atoms with Crippen molar-refractivity contribution in [2.45, 2.75) is 45.3 Å². The summed E-state index contributed by atoms with van der Waals surface area (Å²) in [4.78, 5) is 28.9. The summed E-state index contributed by atoms with van der Waals surface area (Å²) in [6.45, 7) is 8.39. The number of nitrogens with zero attached hydrogens (tertiary/aromatic N) is 9. The highest BCUT2D eigenvalue weighted by atomic mass is 16.2. The third-order valence-electron chi connectivity index (χ3n) is 9.65. The lowest BCUT2D eigenvalue weighted by Crippen LogP contribution is -2.48. The third kappa shape index (κ3) is 4.75. The van der Waals surface area contributed by atoms with Gasteiger partial charge in [0.25, 0.3) is 5.91 Å². The third-order valence-corrected chi connectivity index (χ3v) is 9.65. The van der Waals surface area contributed by atoms with Crippen molar-refractivity contribution in [1.29, 1.82) is 0 Å². The van der Waals surface area contributed by atoms with E-state index in [1.807, 2.05) is 59.9 Å². The van der Waals surface area contributed by atoms with Crippen LogP contribution in [0.25, 0.3) is 16.8 Å². The summed E-state index contributed by atoms with van der Waals surface area (Å²) in [5.41, 5.74) is 8.88. The van der Waals surface area contributed by atoms with Gasteiger partial charge in [-0.1, -0.05) is 18.2 Å². The minimum atomic E-state index is 0.0500. The fourth-order valence-corrected chi connectivity index (χ4v) is 7.17. The highest BCUT2D eigenvalue weighted by Crippen LogP contribution is 2.48. The van der Waals surface area contributed by atoms with Crippen molar-refractivity contribution in [3.05, 3.63) is 77.5 Å². The molecule has 2 fully saturated rings. The lowest BCUT2D eigenvalue weighted by molar-refractivity contribution is 0.0781. The number of nitrogens with one attached hydrogen (secondary N) is 2. The summed E-state index contributed by atoms with van der Waals surface area (Å²) in [5.74, 6) is 1.67. The summed E-state index contributed by atoms with van der Waals surface area (Å²) < 4.78 is 4.08. The van der Waals surface area contributed by atoms with Crippen LogP contribution < -0.4 is 15.5 Å². The fraction of sp³-hybridized carbons (Fsp3) is 0.382. The molecule has 8 rings (SSSR count). The SMILES string of the molecule is CNc1cc(Nc2cccc3c2N(C)C(C)c2c-3cnn2C2CN(Cc3cccc(C(=O)N4CCCC4)n3)C2)n2nc(C)cc2n1. The molecule has 0 spiro atoms. The number of hydrogen-bond donors (Lipinski definition) is 2. The predicted octanol–water partition coefficient (Wildman–Crippen LogP) is 4.89. The van der Waals surface area contributed by atoms with Gasteiger partial charge in [0.05, 0.1) is 46.7 Å². The number of benzene rings is 1. The number of hydrogen-bond acceptors (Lipinski definition) is 9. The molecule has 2 N–H and O–H groups in total. The number of para-hydroxylation sites is 1. The molecule has 3 aliphatic rings. The van der Waals surface area contributed by atoms with E-state index in [0.717, 1.165) is 91.2 Å². The number of fused-ring (bicyclic) bond motifs is 4. The van der Waals surface area contributed by atoms with Gasteiger partial charge in [0.1, 0.15) is 17.3 Å². The van der Waals surface area contributed by atoms with Gasteiger partial charge < -0.3 is 20.4 Å². The summed E-state index contributed by atoms with van der Waals surface area (Å²) >= 11 is 0. The lowest BCUT2D eigenvalue weighted by atomic mass is 9.93. The Balaban J connectivity index is 1.03. The normalized spacial score (nSPS) is 18.0. The molecule has 4 aromatic heterocycles. The lowest BCUT2D eigenvalue weighted by Gasteiger charge is -2.42. The van der Waals surface area contributed by atoms with E-state index in [1.54, 1.807) is 0 Å². The molecule has 46 heavy (non-hydrogen) atoms. The van der Waals surface area contributed by atoms with Gasteiger partial charge in [-0.2, -0.15) is 14.7 Å². The van der Waals surface area contributed by atoms with E-state index in [2.05, 4.69) is 67.4 Å². The summed E-state index contributed by atoms with van der Waals surface area (Å²) in [5, 5.41) is 16.5. The van der Waals surface area contributed by atoms with Crippen LogP contribution in [0, 0.1) is 6.92 Å². The molecule has 0 aliphatic carbocycles. The molecule has 236 valence electrons. The standard InChI is InChI=1S/C34H39N11O/c1-21-15-30-39-29(35-3)16-31(45(30)40-21)38-27-11-8-10-25-26-17-36-44(32(26)22(2)41(4)33(25)27)24-19-42(20-24)18-23-9-7-12-28(37-23)34(46)43-13-5-6-14-43/h7-12,15-17,22,24,38H,5-6,13-14,18-20H2,1-4H3,(H,35,39). The van der Waals surface area contributed by atoms with Crippen LogP contribution in [0.1, 0.15) is 59.4 Å². The number of pyridine rings is 1. The zero-order valence-corrected chi connectivity index (χ0v) is 26.7. The number of aryl methyl sites for hydroxylation is 1. The van der Waals surface area contributed by atoms with E-state index in [0.29, 0.717) is 5.69 Å². The molecular formula is C34H39N11O. The molecule has 0 radical (unpaired) electrons. The average Bonchev–Trinajstić information content (AvgIpc) is 3.81. The van der Waals surface area contributed by atoms with Gasteiger partial charge in [0.2, 0.25) is 0 Å². The maximum atomic E-state index is 12.9. The molecule has 0 bridgehead atoms. The predicted molar refractivity (Wildman–Crippen MR) is 179 cm³/mol. The number of aromatic nitrogens is 6. The van der Waals surface area contributed by atoms with Crippen molar-refractivity contribution in [2.75, 3.05) is 55.8 Å². The second-order valence-corrected chi connectivity index (χ2v) is 12.7. The van der Waals surface area contributed by atoms with Gasteiger partial charge in [0.15, 0.2) is 5.65 Å². The molecule has 1 atom stereocenters. The summed E-state index contributed by atoms with van der Waals surface area (Å²) in [6, 6.07) is 16.6. The maximum Gasteiger partial charge on any atom is 0.272 e. The van der Waals surface area contributed by atoms with Gasteiger partial charge in [-0.15, -0.1) is 0 Å². The van der Waals surface area contributed by atoms with E-state index < -0.39 is 0 Å². The Labute approximate surface area is 268 Å². The topological polar surface area (TPSA) is 112 Å². The molecule has 1 aromatic carbocycles. The molecule has 1 unspecified atom stereocenters. The van der Waals surface area contributed by atoms with Gasteiger partial charge in [0, 0.05) is 70.1 Å². The highest BCUT2D eigenvalue weighted by Gasteiger charge is 2.37. The Morgan fingerprint density at radius 2 is 1.83 bits per heavy atom. The Hall–Kier alpha value is -4.97. The summed E-state index contributed by atoms with van der Waals surface area (Å²) in [7, 11) is 4.03. The number of amides is 1. The van der Waals surface area contributed by atoms with E-state index in [4.69, 9.17) is 10.1 Å². The van der Waals surface area contributed by atoms with Crippen molar-refractivity contribution < 1.29 is 4.79 Å². The number of carbonyl (C=O) groups is 1. The first kappa shape index (κ1) is 28.5. The van der Waals surface area contributed by atoms with Crippen LogP contribution in [-0.4, -0.2) is 85.3 Å². The molecule has 7 heterocycles.